The standard InChI is InChI=1S/C7H14N2O3/c8-6(5-10)7(11)9-1-3-12-4-2-9/h6,10H,1-5,8H2/t6-/m1/s1. The summed E-state index contributed by atoms with van der Waals surface area (Å²) in [5, 5.41) is 8.63. The van der Waals surface area contributed by atoms with Crippen LogP contribution in [0.5, 0.6) is 0 Å². The summed E-state index contributed by atoms with van der Waals surface area (Å²) in [5.74, 6) is -0.194. The Labute approximate surface area is 71.1 Å². The molecule has 1 saturated heterocycles. The molecule has 1 atom stereocenters. The van der Waals surface area contributed by atoms with E-state index in [1.807, 2.05) is 0 Å². The van der Waals surface area contributed by atoms with Crippen LogP contribution in [0.25, 0.3) is 0 Å². The molecule has 1 aliphatic heterocycles. The monoisotopic (exact) mass is 174 g/mol. The average molecular weight is 174 g/mol. The van der Waals surface area contributed by atoms with E-state index in [2.05, 4.69) is 0 Å². The number of aliphatic hydroxyl groups is 1. The van der Waals surface area contributed by atoms with Gasteiger partial charge in [-0.15, -0.1) is 0 Å². The fraction of sp³-hybridized carbons (Fsp3) is 0.857. The van der Waals surface area contributed by atoms with Crippen LogP contribution in [0.3, 0.4) is 0 Å². The van der Waals surface area contributed by atoms with E-state index in [1.165, 1.54) is 0 Å². The maximum absolute atomic E-state index is 11.3. The first-order valence-electron chi connectivity index (χ1n) is 3.98. The average Bonchev–Trinajstić information content (AvgIpc) is 2.17. The van der Waals surface area contributed by atoms with Gasteiger partial charge in [-0.3, -0.25) is 4.79 Å². The van der Waals surface area contributed by atoms with E-state index in [4.69, 9.17) is 15.6 Å². The van der Waals surface area contributed by atoms with Crippen molar-refractivity contribution < 1.29 is 14.6 Å². The molecule has 0 aromatic rings. The molecule has 1 fully saturated rings. The molecule has 12 heavy (non-hydrogen) atoms. The maximum Gasteiger partial charge on any atom is 0.242 e. The van der Waals surface area contributed by atoms with Gasteiger partial charge in [-0.25, -0.2) is 0 Å². The van der Waals surface area contributed by atoms with E-state index in [9.17, 15) is 4.79 Å². The molecule has 0 bridgehead atoms. The number of hydrogen-bond acceptors (Lipinski definition) is 4. The highest BCUT2D eigenvalue weighted by atomic mass is 16.5. The Balaban J connectivity index is 2.39. The Morgan fingerprint density at radius 3 is 2.67 bits per heavy atom. The molecular weight excluding hydrogens is 160 g/mol. The molecule has 5 heteroatoms. The number of hydrogen-bond donors (Lipinski definition) is 2. The topological polar surface area (TPSA) is 75.8 Å². The fourth-order valence-electron chi connectivity index (χ4n) is 1.10. The van der Waals surface area contributed by atoms with Gasteiger partial charge < -0.3 is 20.5 Å². The zero-order chi connectivity index (χ0) is 8.97. The zero-order valence-electron chi connectivity index (χ0n) is 6.90. The van der Waals surface area contributed by atoms with Crippen molar-refractivity contribution in [1.82, 2.24) is 4.90 Å². The van der Waals surface area contributed by atoms with Crippen LogP contribution in [-0.2, 0) is 9.53 Å². The highest BCUT2D eigenvalue weighted by Crippen LogP contribution is 1.98. The number of carbonyl (C=O) groups excluding carboxylic acids is 1. The van der Waals surface area contributed by atoms with Gasteiger partial charge in [-0.05, 0) is 0 Å². The van der Waals surface area contributed by atoms with Gasteiger partial charge in [0.25, 0.3) is 0 Å². The van der Waals surface area contributed by atoms with Crippen LogP contribution in [-0.4, -0.2) is 54.9 Å². The highest BCUT2D eigenvalue weighted by Gasteiger charge is 2.21. The predicted molar refractivity (Wildman–Crippen MR) is 42.5 cm³/mol. The lowest BCUT2D eigenvalue weighted by Gasteiger charge is -2.28. The lowest BCUT2D eigenvalue weighted by atomic mass is 10.2. The van der Waals surface area contributed by atoms with Crippen LogP contribution in [0.15, 0.2) is 0 Å². The van der Waals surface area contributed by atoms with Crippen LogP contribution in [0.1, 0.15) is 0 Å². The van der Waals surface area contributed by atoms with Crippen molar-refractivity contribution in [3.63, 3.8) is 0 Å². The van der Waals surface area contributed by atoms with Gasteiger partial charge in [0.15, 0.2) is 0 Å². The van der Waals surface area contributed by atoms with Crippen LogP contribution in [0, 0.1) is 0 Å². The molecule has 0 radical (unpaired) electrons. The van der Waals surface area contributed by atoms with Crippen LogP contribution in [0.2, 0.25) is 0 Å². The summed E-state index contributed by atoms with van der Waals surface area (Å²) in [6.45, 7) is 1.98. The second-order valence-corrected chi connectivity index (χ2v) is 2.73. The molecule has 3 N–H and O–H groups in total. The Hall–Kier alpha value is -0.650. The molecule has 0 spiro atoms. The van der Waals surface area contributed by atoms with Crippen molar-refractivity contribution in [3.05, 3.63) is 0 Å². The second kappa shape index (κ2) is 4.39. The number of amides is 1. The number of morpholine rings is 1. The van der Waals surface area contributed by atoms with Gasteiger partial charge in [0.2, 0.25) is 5.91 Å². The third kappa shape index (κ3) is 2.17. The Morgan fingerprint density at radius 1 is 1.58 bits per heavy atom. The molecule has 1 aliphatic rings. The quantitative estimate of drug-likeness (QED) is 0.516. The van der Waals surface area contributed by atoms with Crippen molar-refractivity contribution >= 4 is 5.91 Å². The van der Waals surface area contributed by atoms with Crippen molar-refractivity contribution in [1.29, 1.82) is 0 Å². The summed E-state index contributed by atoms with van der Waals surface area (Å²) in [6.07, 6.45) is 0. The summed E-state index contributed by atoms with van der Waals surface area (Å²) >= 11 is 0. The summed E-state index contributed by atoms with van der Waals surface area (Å²) < 4.78 is 5.07. The fourth-order valence-corrected chi connectivity index (χ4v) is 1.10. The number of nitrogens with zero attached hydrogens (tertiary/aromatic N) is 1. The number of rotatable bonds is 2. The summed E-state index contributed by atoms with van der Waals surface area (Å²) in [5.41, 5.74) is 5.37. The first kappa shape index (κ1) is 9.44. The number of aliphatic hydroxyl groups excluding tert-OH is 1. The molecule has 70 valence electrons. The van der Waals surface area contributed by atoms with Gasteiger partial charge in [-0.2, -0.15) is 0 Å². The zero-order valence-corrected chi connectivity index (χ0v) is 6.90. The summed E-state index contributed by atoms with van der Waals surface area (Å²) in [6, 6.07) is -0.775. The molecule has 0 unspecified atom stereocenters. The molecule has 1 amide bonds. The van der Waals surface area contributed by atoms with E-state index in [0.29, 0.717) is 26.3 Å². The number of ether oxygens (including phenoxy) is 1. The van der Waals surface area contributed by atoms with E-state index in [-0.39, 0.29) is 12.5 Å². The Kier molecular flexibility index (Phi) is 3.46. The first-order valence-corrected chi connectivity index (χ1v) is 3.98. The van der Waals surface area contributed by atoms with Crippen molar-refractivity contribution in [2.75, 3.05) is 32.9 Å². The molecule has 1 rings (SSSR count). The summed E-state index contributed by atoms with van der Waals surface area (Å²) in [4.78, 5) is 12.9. The molecule has 0 aromatic heterocycles. The van der Waals surface area contributed by atoms with E-state index >= 15 is 0 Å². The van der Waals surface area contributed by atoms with Crippen molar-refractivity contribution in [2.45, 2.75) is 6.04 Å². The van der Waals surface area contributed by atoms with E-state index in [0.717, 1.165) is 0 Å². The smallest absolute Gasteiger partial charge is 0.242 e. The second-order valence-electron chi connectivity index (χ2n) is 2.73. The van der Waals surface area contributed by atoms with E-state index < -0.39 is 6.04 Å². The Morgan fingerprint density at radius 2 is 2.17 bits per heavy atom. The van der Waals surface area contributed by atoms with E-state index in [1.54, 1.807) is 4.90 Å². The van der Waals surface area contributed by atoms with Gasteiger partial charge in [0.1, 0.15) is 6.04 Å². The third-order valence-corrected chi connectivity index (χ3v) is 1.84. The molecule has 0 aliphatic carbocycles. The SMILES string of the molecule is N[C@H](CO)C(=O)N1CCOCC1. The molecule has 1 heterocycles. The van der Waals surface area contributed by atoms with Gasteiger partial charge >= 0.3 is 0 Å². The lowest BCUT2D eigenvalue weighted by Crippen LogP contribution is -2.49. The highest BCUT2D eigenvalue weighted by molar-refractivity contribution is 5.81. The molecule has 0 saturated carbocycles. The Bertz CT molecular complexity index is 157. The van der Waals surface area contributed by atoms with Gasteiger partial charge in [-0.1, -0.05) is 0 Å². The summed E-state index contributed by atoms with van der Waals surface area (Å²) in [7, 11) is 0. The first-order chi connectivity index (χ1) is 5.75. The number of nitrogens with two attached hydrogens (primary N) is 1. The molecule has 5 nitrogen and oxygen atoms in total. The molecule has 0 aromatic carbocycles. The van der Waals surface area contributed by atoms with Crippen LogP contribution in [0.4, 0.5) is 0 Å². The minimum Gasteiger partial charge on any atom is -0.394 e. The normalized spacial score (nSPS) is 20.7. The lowest BCUT2D eigenvalue weighted by molar-refractivity contribution is -0.137. The third-order valence-electron chi connectivity index (χ3n) is 1.84. The largest absolute Gasteiger partial charge is 0.394 e. The maximum atomic E-state index is 11.3. The van der Waals surface area contributed by atoms with Gasteiger partial charge in [0, 0.05) is 13.1 Å². The minimum absolute atomic E-state index is 0.194. The molecular formula is C7H14N2O3. The van der Waals surface area contributed by atoms with Gasteiger partial charge in [0.05, 0.1) is 19.8 Å². The predicted octanol–water partition coefficient (Wildman–Crippen LogP) is -1.84. The van der Waals surface area contributed by atoms with Crippen LogP contribution < -0.4 is 5.73 Å². The van der Waals surface area contributed by atoms with Crippen molar-refractivity contribution in [3.8, 4) is 0 Å². The minimum atomic E-state index is -0.775. The van der Waals surface area contributed by atoms with Crippen LogP contribution >= 0.6 is 0 Å². The van der Waals surface area contributed by atoms with Crippen molar-refractivity contribution in [2.24, 2.45) is 5.73 Å². The number of carbonyl (C=O) groups is 1.